The number of quaternary nitrogens is 1. The lowest BCUT2D eigenvalue weighted by molar-refractivity contribution is -0.887. The van der Waals surface area contributed by atoms with E-state index in [2.05, 4.69) is 46.8 Å². The molecule has 0 fully saturated rings. The van der Waals surface area contributed by atoms with Gasteiger partial charge in [-0.2, -0.15) is 0 Å². The van der Waals surface area contributed by atoms with E-state index in [-0.39, 0.29) is 6.04 Å². The fourth-order valence-electron chi connectivity index (χ4n) is 5.18. The maximum absolute atomic E-state index is 13.4. The van der Waals surface area contributed by atoms with Crippen molar-refractivity contribution in [3.05, 3.63) is 0 Å². The summed E-state index contributed by atoms with van der Waals surface area (Å²) in [5.41, 5.74) is 0. The van der Waals surface area contributed by atoms with Crippen LogP contribution < -0.4 is 0 Å². The van der Waals surface area contributed by atoms with Crippen LogP contribution in [0.5, 0.6) is 0 Å². The summed E-state index contributed by atoms with van der Waals surface area (Å²) in [5.74, 6) is 0.391. The molecule has 0 rings (SSSR count). The Bertz CT molecular complexity index is 419. The van der Waals surface area contributed by atoms with Crippen molar-refractivity contribution >= 4 is 5.91 Å². The highest BCUT2D eigenvalue weighted by Gasteiger charge is 2.32. The Morgan fingerprint density at radius 3 is 1.09 bits per heavy atom. The van der Waals surface area contributed by atoms with Gasteiger partial charge in [-0.15, -0.1) is 0 Å². The molecule has 1 amide bonds. The zero-order valence-electron chi connectivity index (χ0n) is 24.6. The molecule has 0 bridgehead atoms. The summed E-state index contributed by atoms with van der Waals surface area (Å²) in [6, 6.07) is 0.0891. The van der Waals surface area contributed by atoms with Gasteiger partial charge in [-0.3, -0.25) is 4.79 Å². The lowest BCUT2D eigenvalue weighted by Gasteiger charge is -2.36. The van der Waals surface area contributed by atoms with Crippen LogP contribution in [0.2, 0.25) is 0 Å². The topological polar surface area (TPSA) is 20.3 Å². The van der Waals surface area contributed by atoms with E-state index in [4.69, 9.17) is 0 Å². The van der Waals surface area contributed by atoms with E-state index in [9.17, 15) is 4.79 Å². The van der Waals surface area contributed by atoms with Gasteiger partial charge in [0.05, 0.1) is 21.1 Å². The number of amides is 1. The van der Waals surface area contributed by atoms with Gasteiger partial charge in [0, 0.05) is 19.5 Å². The van der Waals surface area contributed by atoms with Gasteiger partial charge in [-0.25, -0.2) is 0 Å². The van der Waals surface area contributed by atoms with E-state index in [1.165, 1.54) is 128 Å². The second-order valence-corrected chi connectivity index (χ2v) is 11.7. The summed E-state index contributed by atoms with van der Waals surface area (Å²) in [4.78, 5) is 15.6. The van der Waals surface area contributed by atoms with Crippen LogP contribution in [0.15, 0.2) is 0 Å². The molecule has 0 saturated carbocycles. The molecule has 0 aliphatic carbocycles. The number of hydrogen-bond donors (Lipinski definition) is 0. The molecule has 1 atom stereocenters. The first-order valence-corrected chi connectivity index (χ1v) is 15.5. The monoisotopic (exact) mass is 482 g/mol. The summed E-state index contributed by atoms with van der Waals surface area (Å²) in [5, 5.41) is 0. The van der Waals surface area contributed by atoms with Crippen LogP contribution in [0.25, 0.3) is 0 Å². The molecule has 1 unspecified atom stereocenters. The Morgan fingerprint density at radius 1 is 0.529 bits per heavy atom. The predicted molar refractivity (Wildman–Crippen MR) is 152 cm³/mol. The maximum atomic E-state index is 13.4. The van der Waals surface area contributed by atoms with Crippen LogP contribution in [-0.2, 0) is 4.79 Å². The summed E-state index contributed by atoms with van der Waals surface area (Å²) in [6.07, 6.45) is 28.0. The first kappa shape index (κ1) is 33.4. The first-order chi connectivity index (χ1) is 16.4. The smallest absolute Gasteiger partial charge is 0.280 e. The lowest BCUT2D eigenvalue weighted by Crippen LogP contribution is -2.54. The Labute approximate surface area is 216 Å². The fraction of sp³-hybridized carbons (Fsp3) is 0.968. The Kier molecular flexibility index (Phi) is 22.5. The van der Waals surface area contributed by atoms with E-state index in [0.717, 1.165) is 24.0 Å². The average Bonchev–Trinajstić information content (AvgIpc) is 2.79. The highest BCUT2D eigenvalue weighted by Crippen LogP contribution is 2.16. The van der Waals surface area contributed by atoms with Crippen molar-refractivity contribution in [2.45, 2.75) is 162 Å². The molecule has 0 spiro atoms. The molecule has 0 aromatic rings. The molecule has 3 nitrogen and oxygen atoms in total. The number of carbonyl (C=O) groups excluding carboxylic acids is 1. The van der Waals surface area contributed by atoms with Crippen LogP contribution in [-0.4, -0.2) is 55.6 Å². The highest BCUT2D eigenvalue weighted by molar-refractivity contribution is 5.80. The van der Waals surface area contributed by atoms with Gasteiger partial charge in [0.2, 0.25) is 0 Å². The molecule has 0 radical (unpaired) electrons. The number of carbonyl (C=O) groups is 1. The third-order valence-corrected chi connectivity index (χ3v) is 7.48. The van der Waals surface area contributed by atoms with E-state index < -0.39 is 0 Å². The van der Waals surface area contributed by atoms with Gasteiger partial charge < -0.3 is 9.38 Å². The van der Waals surface area contributed by atoms with Crippen molar-refractivity contribution in [1.29, 1.82) is 0 Å². The third kappa shape index (κ3) is 18.7. The van der Waals surface area contributed by atoms with Gasteiger partial charge in [-0.05, 0) is 12.8 Å². The molecule has 0 N–H and O–H groups in total. The average molecular weight is 482 g/mol. The lowest BCUT2D eigenvalue weighted by atomic mass is 10.1. The highest BCUT2D eigenvalue weighted by atomic mass is 16.2. The van der Waals surface area contributed by atoms with Crippen molar-refractivity contribution < 1.29 is 9.28 Å². The molecule has 0 aromatic carbocycles. The molecular formula is C31H65N2O+. The van der Waals surface area contributed by atoms with Crippen LogP contribution in [0, 0.1) is 0 Å². The van der Waals surface area contributed by atoms with Crippen LogP contribution >= 0.6 is 0 Å². The van der Waals surface area contributed by atoms with Gasteiger partial charge in [0.15, 0.2) is 6.04 Å². The predicted octanol–water partition coefficient (Wildman–Crippen LogP) is 9.14. The van der Waals surface area contributed by atoms with E-state index in [1.54, 1.807) is 0 Å². The van der Waals surface area contributed by atoms with Crippen LogP contribution in [0.4, 0.5) is 0 Å². The zero-order valence-corrected chi connectivity index (χ0v) is 24.6. The molecule has 0 aromatic heterocycles. The van der Waals surface area contributed by atoms with Crippen molar-refractivity contribution in [2.75, 3.05) is 34.2 Å². The largest absolute Gasteiger partial charge is 0.338 e. The maximum Gasteiger partial charge on any atom is 0.280 e. The molecule has 0 heterocycles. The Hall–Kier alpha value is -0.570. The number of unbranched alkanes of at least 4 members (excludes halogenated alkanes) is 18. The minimum atomic E-state index is 0.0891. The molecule has 0 saturated heterocycles. The Balaban J connectivity index is 4.25. The van der Waals surface area contributed by atoms with Crippen LogP contribution in [0.3, 0.4) is 0 Å². The fourth-order valence-corrected chi connectivity index (χ4v) is 5.18. The number of rotatable bonds is 25. The van der Waals surface area contributed by atoms with Crippen molar-refractivity contribution in [3.63, 3.8) is 0 Å². The minimum Gasteiger partial charge on any atom is -0.338 e. The van der Waals surface area contributed by atoms with Gasteiger partial charge in [0.1, 0.15) is 0 Å². The van der Waals surface area contributed by atoms with Gasteiger partial charge in [0.25, 0.3) is 5.91 Å². The first-order valence-electron chi connectivity index (χ1n) is 15.5. The number of hydrogen-bond acceptors (Lipinski definition) is 1. The molecule has 0 aliphatic heterocycles. The SMILES string of the molecule is CCCCCCCCCCCCN(CCCCCCCCCCCC)C(=O)C(CC)[N+](C)(C)C. The number of nitrogens with zero attached hydrogens (tertiary/aromatic N) is 2. The molecule has 34 heavy (non-hydrogen) atoms. The summed E-state index contributed by atoms with van der Waals surface area (Å²) in [6.45, 7) is 8.67. The van der Waals surface area contributed by atoms with E-state index in [0.29, 0.717) is 5.91 Å². The second kappa shape index (κ2) is 22.9. The molecule has 0 aliphatic rings. The molecular weight excluding hydrogens is 416 g/mol. The standard InChI is InChI=1S/C31H65N2O/c1-7-10-12-14-16-18-20-22-24-26-28-32(31(34)30(9-3)33(4,5)6)29-27-25-23-21-19-17-15-13-11-8-2/h30H,7-29H2,1-6H3/q+1. The quantitative estimate of drug-likeness (QED) is 0.0940. The summed E-state index contributed by atoms with van der Waals surface area (Å²) in [7, 11) is 6.52. The van der Waals surface area contributed by atoms with Crippen molar-refractivity contribution in [2.24, 2.45) is 0 Å². The summed E-state index contributed by atoms with van der Waals surface area (Å²) >= 11 is 0. The van der Waals surface area contributed by atoms with Crippen LogP contribution in [0.1, 0.15) is 156 Å². The third-order valence-electron chi connectivity index (χ3n) is 7.48. The summed E-state index contributed by atoms with van der Waals surface area (Å²) < 4.78 is 0.738. The van der Waals surface area contributed by atoms with Gasteiger partial charge in [-0.1, -0.05) is 136 Å². The minimum absolute atomic E-state index is 0.0891. The second-order valence-electron chi connectivity index (χ2n) is 11.7. The van der Waals surface area contributed by atoms with E-state index >= 15 is 0 Å². The zero-order chi connectivity index (χ0) is 25.5. The van der Waals surface area contributed by atoms with Crippen molar-refractivity contribution in [3.8, 4) is 0 Å². The van der Waals surface area contributed by atoms with E-state index in [1.807, 2.05) is 0 Å². The van der Waals surface area contributed by atoms with Gasteiger partial charge >= 0.3 is 0 Å². The Morgan fingerprint density at radius 2 is 0.824 bits per heavy atom. The van der Waals surface area contributed by atoms with Crippen molar-refractivity contribution in [1.82, 2.24) is 4.90 Å². The number of likely N-dealkylation sites (N-methyl/N-ethyl adjacent to an activating group) is 1. The normalized spacial score (nSPS) is 12.8. The molecule has 204 valence electrons. The molecule has 3 heteroatoms.